The third-order valence-corrected chi connectivity index (χ3v) is 4.99. The molecule has 148 valence electrons. The maximum absolute atomic E-state index is 12.2. The average Bonchev–Trinajstić information content (AvgIpc) is 3.45. The molecule has 5 rings (SSSR count). The number of carbonyl (C=O) groups excluding carboxylic acids is 1. The van der Waals surface area contributed by atoms with Gasteiger partial charge in [0.25, 0.3) is 5.91 Å². The highest BCUT2D eigenvalue weighted by Gasteiger charge is 2.12. The fraction of sp³-hybridized carbons (Fsp3) is 0.0909. The molecule has 8 heteroatoms. The number of nitrogens with two attached hydrogens (primary N) is 1. The fourth-order valence-corrected chi connectivity index (χ4v) is 3.51. The Kier molecular flexibility index (Phi) is 4.36. The van der Waals surface area contributed by atoms with E-state index in [1.165, 1.54) is 0 Å². The van der Waals surface area contributed by atoms with Crippen molar-refractivity contribution >= 4 is 33.5 Å². The van der Waals surface area contributed by atoms with Gasteiger partial charge in [0.2, 0.25) is 0 Å². The minimum atomic E-state index is -0.107. The van der Waals surface area contributed by atoms with Gasteiger partial charge in [-0.1, -0.05) is 30.3 Å². The number of pyridine rings is 1. The van der Waals surface area contributed by atoms with E-state index in [0.29, 0.717) is 30.0 Å². The Morgan fingerprint density at radius 1 is 1.10 bits per heavy atom. The third kappa shape index (κ3) is 3.24. The van der Waals surface area contributed by atoms with Crippen LogP contribution >= 0.6 is 0 Å². The van der Waals surface area contributed by atoms with Crippen LogP contribution in [0.5, 0.6) is 0 Å². The summed E-state index contributed by atoms with van der Waals surface area (Å²) in [6.45, 7) is 0.982. The number of benzene rings is 2. The highest BCUT2D eigenvalue weighted by atomic mass is 16.1. The number of rotatable bonds is 5. The van der Waals surface area contributed by atoms with Crippen LogP contribution in [0, 0.1) is 0 Å². The number of hydrogen-bond donors (Lipinski definition) is 3. The van der Waals surface area contributed by atoms with Crippen molar-refractivity contribution in [2.24, 2.45) is 0 Å². The number of nitrogens with one attached hydrogen (secondary N) is 2. The van der Waals surface area contributed by atoms with Gasteiger partial charge in [-0.3, -0.25) is 14.6 Å². The van der Waals surface area contributed by atoms with Crippen molar-refractivity contribution in [1.82, 2.24) is 30.3 Å². The van der Waals surface area contributed by atoms with Crippen molar-refractivity contribution in [1.29, 1.82) is 0 Å². The second-order valence-corrected chi connectivity index (χ2v) is 6.96. The zero-order chi connectivity index (χ0) is 20.5. The Balaban J connectivity index is 1.40. The number of nitrogens with zero attached hydrogens (tertiary/aromatic N) is 4. The third-order valence-electron chi connectivity index (χ3n) is 4.99. The largest absolute Gasteiger partial charge is 0.382 e. The molecule has 1 amide bonds. The van der Waals surface area contributed by atoms with E-state index in [4.69, 9.17) is 5.73 Å². The van der Waals surface area contributed by atoms with Gasteiger partial charge >= 0.3 is 0 Å². The van der Waals surface area contributed by atoms with E-state index in [1.54, 1.807) is 23.0 Å². The summed E-state index contributed by atoms with van der Waals surface area (Å²) < 4.78 is 1.79. The molecule has 0 fully saturated rings. The van der Waals surface area contributed by atoms with Crippen molar-refractivity contribution in [2.45, 2.75) is 6.54 Å². The van der Waals surface area contributed by atoms with Crippen LogP contribution in [0.1, 0.15) is 10.4 Å². The predicted octanol–water partition coefficient (Wildman–Crippen LogP) is 2.99. The summed E-state index contributed by atoms with van der Waals surface area (Å²) in [6.07, 6.45) is 3.73. The van der Waals surface area contributed by atoms with E-state index in [1.807, 2.05) is 48.7 Å². The molecule has 4 N–H and O–H groups in total. The van der Waals surface area contributed by atoms with Gasteiger partial charge in [0.15, 0.2) is 5.82 Å². The van der Waals surface area contributed by atoms with Gasteiger partial charge in [0.05, 0.1) is 17.8 Å². The topological polar surface area (TPSA) is 115 Å². The number of aromatic amines is 1. The lowest BCUT2D eigenvalue weighted by atomic mass is 10.1. The van der Waals surface area contributed by atoms with Crippen LogP contribution in [0.2, 0.25) is 0 Å². The van der Waals surface area contributed by atoms with Crippen LogP contribution in [0.15, 0.2) is 67.0 Å². The molecule has 3 heterocycles. The molecule has 3 aromatic heterocycles. The summed E-state index contributed by atoms with van der Waals surface area (Å²) in [6, 6.07) is 17.0. The van der Waals surface area contributed by atoms with Gasteiger partial charge in [0, 0.05) is 40.8 Å². The Hall–Kier alpha value is -4.20. The van der Waals surface area contributed by atoms with Crippen LogP contribution in [0.25, 0.3) is 33.1 Å². The second kappa shape index (κ2) is 7.32. The first-order valence-corrected chi connectivity index (χ1v) is 9.59. The standard InChI is InChI=1S/C22H19N7O/c23-21-20-17(16-7-6-15(12-19(16)26-21)18-8-9-25-27-18)13-29(28-20)11-10-24-22(30)14-4-2-1-3-5-14/h1-9,12-13H,10-11H2,(H2,23,26)(H,24,30)(H,25,27). The Labute approximate surface area is 171 Å². The molecule has 5 aromatic rings. The van der Waals surface area contributed by atoms with E-state index in [9.17, 15) is 4.79 Å². The minimum Gasteiger partial charge on any atom is -0.382 e. The number of anilines is 1. The molecule has 0 aliphatic heterocycles. The molecule has 30 heavy (non-hydrogen) atoms. The highest BCUT2D eigenvalue weighted by molar-refractivity contribution is 6.08. The lowest BCUT2D eigenvalue weighted by molar-refractivity contribution is 0.0952. The molecular weight excluding hydrogens is 378 g/mol. The van der Waals surface area contributed by atoms with E-state index in [-0.39, 0.29) is 5.91 Å². The second-order valence-electron chi connectivity index (χ2n) is 6.96. The summed E-state index contributed by atoms with van der Waals surface area (Å²) in [5.74, 6) is 0.272. The lowest BCUT2D eigenvalue weighted by Gasteiger charge is -2.05. The van der Waals surface area contributed by atoms with E-state index in [2.05, 4.69) is 25.6 Å². The van der Waals surface area contributed by atoms with Gasteiger partial charge < -0.3 is 11.1 Å². The van der Waals surface area contributed by atoms with Gasteiger partial charge in [-0.25, -0.2) is 4.98 Å². The zero-order valence-corrected chi connectivity index (χ0v) is 16.0. The minimum absolute atomic E-state index is 0.107. The molecule has 0 saturated carbocycles. The van der Waals surface area contributed by atoms with Gasteiger partial charge in [-0.15, -0.1) is 0 Å². The maximum atomic E-state index is 12.2. The number of hydrogen-bond acceptors (Lipinski definition) is 5. The molecule has 2 aromatic carbocycles. The molecular formula is C22H19N7O. The van der Waals surface area contributed by atoms with Gasteiger partial charge in [0.1, 0.15) is 5.52 Å². The summed E-state index contributed by atoms with van der Waals surface area (Å²) in [5, 5.41) is 16.4. The normalized spacial score (nSPS) is 11.2. The number of nitrogen functional groups attached to an aromatic ring is 1. The SMILES string of the molecule is Nc1nc2cc(-c3cc[nH]n3)ccc2c2cn(CCNC(=O)c3ccccc3)nc12. The van der Waals surface area contributed by atoms with Crippen molar-refractivity contribution in [3.05, 3.63) is 72.6 Å². The summed E-state index contributed by atoms with van der Waals surface area (Å²) >= 11 is 0. The average molecular weight is 397 g/mol. The molecule has 0 radical (unpaired) electrons. The Bertz CT molecular complexity index is 1340. The first-order chi connectivity index (χ1) is 14.7. The smallest absolute Gasteiger partial charge is 0.251 e. The molecule has 8 nitrogen and oxygen atoms in total. The molecule has 0 bridgehead atoms. The number of fused-ring (bicyclic) bond motifs is 3. The first-order valence-electron chi connectivity index (χ1n) is 9.59. The molecule has 0 unspecified atom stereocenters. The van der Waals surface area contributed by atoms with Gasteiger partial charge in [-0.2, -0.15) is 10.2 Å². The Morgan fingerprint density at radius 3 is 2.77 bits per heavy atom. The molecule has 0 aliphatic rings. The van der Waals surface area contributed by atoms with Crippen LogP contribution in [0.4, 0.5) is 5.82 Å². The monoisotopic (exact) mass is 397 g/mol. The number of aromatic nitrogens is 5. The zero-order valence-electron chi connectivity index (χ0n) is 16.0. The van der Waals surface area contributed by atoms with E-state index >= 15 is 0 Å². The van der Waals surface area contributed by atoms with Crippen LogP contribution in [0.3, 0.4) is 0 Å². The number of H-pyrrole nitrogens is 1. The highest BCUT2D eigenvalue weighted by Crippen LogP contribution is 2.29. The van der Waals surface area contributed by atoms with Crippen molar-refractivity contribution in [2.75, 3.05) is 12.3 Å². The van der Waals surface area contributed by atoms with Crippen LogP contribution in [-0.2, 0) is 6.54 Å². The lowest BCUT2D eigenvalue weighted by Crippen LogP contribution is -2.27. The van der Waals surface area contributed by atoms with Crippen molar-refractivity contribution in [3.8, 4) is 11.3 Å². The first kappa shape index (κ1) is 17.9. The predicted molar refractivity (Wildman–Crippen MR) is 116 cm³/mol. The summed E-state index contributed by atoms with van der Waals surface area (Å²) in [7, 11) is 0. The van der Waals surface area contributed by atoms with E-state index < -0.39 is 0 Å². The maximum Gasteiger partial charge on any atom is 0.251 e. The quantitative estimate of drug-likeness (QED) is 0.422. The van der Waals surface area contributed by atoms with Crippen LogP contribution in [-0.4, -0.2) is 37.4 Å². The molecule has 0 saturated heterocycles. The van der Waals surface area contributed by atoms with E-state index in [0.717, 1.165) is 27.5 Å². The summed E-state index contributed by atoms with van der Waals surface area (Å²) in [5.41, 5.74) is 10.1. The molecule has 0 aliphatic carbocycles. The fourth-order valence-electron chi connectivity index (χ4n) is 3.51. The summed E-state index contributed by atoms with van der Waals surface area (Å²) in [4.78, 5) is 16.7. The van der Waals surface area contributed by atoms with Crippen molar-refractivity contribution in [3.63, 3.8) is 0 Å². The van der Waals surface area contributed by atoms with Crippen molar-refractivity contribution < 1.29 is 4.79 Å². The number of amides is 1. The number of carbonyl (C=O) groups is 1. The van der Waals surface area contributed by atoms with Crippen LogP contribution < -0.4 is 11.1 Å². The Morgan fingerprint density at radius 2 is 1.97 bits per heavy atom. The molecule has 0 spiro atoms. The molecule has 0 atom stereocenters. The van der Waals surface area contributed by atoms with Gasteiger partial charge in [-0.05, 0) is 24.3 Å².